The number of fused-ring (bicyclic) bond motifs is 2. The lowest BCUT2D eigenvalue weighted by molar-refractivity contribution is -0.130. The van der Waals surface area contributed by atoms with Gasteiger partial charge in [0.15, 0.2) is 6.10 Å². The topological polar surface area (TPSA) is 97.4 Å². The number of carbonyl (C=O) groups is 3. The molecule has 2 amide bonds. The Labute approximate surface area is 205 Å². The van der Waals surface area contributed by atoms with Gasteiger partial charge < -0.3 is 15.4 Å². The second-order valence-corrected chi connectivity index (χ2v) is 9.36. The normalized spacial score (nSPS) is 15.7. The second-order valence-electron chi connectivity index (χ2n) is 9.36. The van der Waals surface area contributed by atoms with Crippen LogP contribution in [0.2, 0.25) is 0 Å². The number of esters is 1. The van der Waals surface area contributed by atoms with Crippen molar-refractivity contribution in [3.63, 3.8) is 0 Å². The Morgan fingerprint density at radius 1 is 1.09 bits per heavy atom. The zero-order valence-electron chi connectivity index (χ0n) is 20.6. The molecule has 1 heterocycles. The van der Waals surface area contributed by atoms with E-state index in [1.54, 1.807) is 0 Å². The summed E-state index contributed by atoms with van der Waals surface area (Å²) < 4.78 is 5.59. The Hall–Kier alpha value is -3.74. The fraction of sp³-hybridized carbons (Fsp3) is 0.357. The molecule has 1 aliphatic carbocycles. The molecule has 0 fully saturated rings. The van der Waals surface area contributed by atoms with Crippen LogP contribution in [0.4, 0.5) is 5.69 Å². The van der Waals surface area contributed by atoms with Crippen LogP contribution in [0.15, 0.2) is 42.5 Å². The predicted octanol–water partition coefficient (Wildman–Crippen LogP) is 4.28. The van der Waals surface area contributed by atoms with Crippen LogP contribution in [0.25, 0.3) is 10.9 Å². The Balaban J connectivity index is 1.44. The number of para-hydroxylation sites is 2. The summed E-state index contributed by atoms with van der Waals surface area (Å²) in [5, 5.41) is 6.12. The molecule has 2 aromatic carbocycles. The summed E-state index contributed by atoms with van der Waals surface area (Å²) >= 11 is 0. The number of benzene rings is 2. The molecule has 0 spiro atoms. The molecule has 1 aromatic heterocycles. The van der Waals surface area contributed by atoms with Crippen LogP contribution in [-0.2, 0) is 27.2 Å². The van der Waals surface area contributed by atoms with Crippen LogP contribution < -0.4 is 10.6 Å². The van der Waals surface area contributed by atoms with E-state index in [1.165, 1.54) is 6.92 Å². The second kappa shape index (κ2) is 10.3. The minimum absolute atomic E-state index is 0.223. The molecule has 182 valence electrons. The fourth-order valence-electron chi connectivity index (χ4n) is 4.58. The molecule has 0 radical (unpaired) electrons. The van der Waals surface area contributed by atoms with Gasteiger partial charge in [0.05, 0.1) is 17.6 Å². The van der Waals surface area contributed by atoms with Gasteiger partial charge in [0.25, 0.3) is 5.91 Å². The number of aromatic nitrogens is 1. The third-order valence-corrected chi connectivity index (χ3v) is 6.53. The van der Waals surface area contributed by atoms with Crippen molar-refractivity contribution < 1.29 is 19.1 Å². The fourth-order valence-corrected chi connectivity index (χ4v) is 4.58. The van der Waals surface area contributed by atoms with E-state index >= 15 is 0 Å². The van der Waals surface area contributed by atoms with Gasteiger partial charge in [-0.1, -0.05) is 43.3 Å². The van der Waals surface area contributed by atoms with Gasteiger partial charge in [-0.25, -0.2) is 4.79 Å². The number of amides is 2. The van der Waals surface area contributed by atoms with E-state index in [0.29, 0.717) is 11.5 Å². The molecule has 35 heavy (non-hydrogen) atoms. The van der Waals surface area contributed by atoms with Crippen LogP contribution in [0.5, 0.6) is 0 Å². The van der Waals surface area contributed by atoms with Gasteiger partial charge in [-0.15, -0.1) is 0 Å². The Bertz CT molecular complexity index is 1280. The van der Waals surface area contributed by atoms with Crippen LogP contribution in [-0.4, -0.2) is 35.4 Å². The maximum atomic E-state index is 13.3. The van der Waals surface area contributed by atoms with Crippen LogP contribution in [0.3, 0.4) is 0 Å². The highest BCUT2D eigenvalue weighted by Crippen LogP contribution is 2.32. The maximum absolute atomic E-state index is 13.3. The SMILES string of the molecule is Cc1cccc(C)c1NC(=O)CNC(=O)C(C)OC(=O)c1c2c(nc3ccccc13)CCC(C)C2. The summed E-state index contributed by atoms with van der Waals surface area (Å²) in [4.78, 5) is 43.1. The molecular weight excluding hydrogens is 442 g/mol. The molecule has 0 saturated carbocycles. The van der Waals surface area contributed by atoms with E-state index < -0.39 is 18.0 Å². The van der Waals surface area contributed by atoms with Gasteiger partial charge >= 0.3 is 5.97 Å². The molecular formula is C28H31N3O4. The first kappa shape index (κ1) is 24.4. The molecule has 0 saturated heterocycles. The maximum Gasteiger partial charge on any atom is 0.339 e. The molecule has 0 bridgehead atoms. The molecule has 2 N–H and O–H groups in total. The minimum Gasteiger partial charge on any atom is -0.449 e. The molecule has 2 unspecified atom stereocenters. The number of rotatable bonds is 6. The lowest BCUT2D eigenvalue weighted by Crippen LogP contribution is -2.40. The summed E-state index contributed by atoms with van der Waals surface area (Å²) in [6.07, 6.45) is 1.53. The highest BCUT2D eigenvalue weighted by atomic mass is 16.5. The van der Waals surface area contributed by atoms with Crippen molar-refractivity contribution in [2.75, 3.05) is 11.9 Å². The van der Waals surface area contributed by atoms with Crippen LogP contribution >= 0.6 is 0 Å². The van der Waals surface area contributed by atoms with E-state index in [9.17, 15) is 14.4 Å². The first-order chi connectivity index (χ1) is 16.7. The van der Waals surface area contributed by atoms with Crippen molar-refractivity contribution >= 4 is 34.4 Å². The van der Waals surface area contributed by atoms with E-state index in [-0.39, 0.29) is 12.5 Å². The number of carbonyl (C=O) groups excluding carboxylic acids is 3. The average molecular weight is 474 g/mol. The third-order valence-electron chi connectivity index (χ3n) is 6.53. The quantitative estimate of drug-likeness (QED) is 0.521. The first-order valence-electron chi connectivity index (χ1n) is 12.0. The van der Waals surface area contributed by atoms with E-state index in [0.717, 1.165) is 58.2 Å². The molecule has 3 aromatic rings. The molecule has 1 aliphatic rings. The van der Waals surface area contributed by atoms with Gasteiger partial charge in [0.1, 0.15) is 0 Å². The standard InChI is InChI=1S/C28H31N3O4/c1-16-12-13-23-21(14-16)25(20-10-5-6-11-22(20)30-23)28(34)35-19(4)27(33)29-15-24(32)31-26-17(2)8-7-9-18(26)3/h5-11,16,19H,12-15H2,1-4H3,(H,29,33)(H,31,32). The smallest absolute Gasteiger partial charge is 0.339 e. The van der Waals surface area contributed by atoms with Gasteiger partial charge in [-0.2, -0.15) is 0 Å². The van der Waals surface area contributed by atoms with Crippen molar-refractivity contribution in [2.24, 2.45) is 5.92 Å². The van der Waals surface area contributed by atoms with E-state index in [1.807, 2.05) is 56.3 Å². The zero-order valence-corrected chi connectivity index (χ0v) is 20.6. The Kier molecular flexibility index (Phi) is 7.15. The molecule has 4 rings (SSSR count). The number of pyridine rings is 1. The van der Waals surface area contributed by atoms with Gasteiger partial charge in [0.2, 0.25) is 5.91 Å². The number of hydrogen-bond donors (Lipinski definition) is 2. The van der Waals surface area contributed by atoms with E-state index in [2.05, 4.69) is 17.6 Å². The van der Waals surface area contributed by atoms with Crippen molar-refractivity contribution in [1.29, 1.82) is 0 Å². The Morgan fingerprint density at radius 2 is 1.80 bits per heavy atom. The van der Waals surface area contributed by atoms with Gasteiger partial charge in [-0.05, 0) is 68.7 Å². The lowest BCUT2D eigenvalue weighted by atomic mass is 9.84. The molecule has 2 atom stereocenters. The van der Waals surface area contributed by atoms with Crippen molar-refractivity contribution in [3.8, 4) is 0 Å². The molecule has 7 heteroatoms. The zero-order chi connectivity index (χ0) is 25.1. The summed E-state index contributed by atoms with van der Waals surface area (Å²) in [6, 6.07) is 13.2. The van der Waals surface area contributed by atoms with Gasteiger partial charge in [0, 0.05) is 16.8 Å². The Morgan fingerprint density at radius 3 is 2.54 bits per heavy atom. The van der Waals surface area contributed by atoms with E-state index in [4.69, 9.17) is 9.72 Å². The predicted molar refractivity (Wildman–Crippen MR) is 135 cm³/mol. The largest absolute Gasteiger partial charge is 0.449 e. The van der Waals surface area contributed by atoms with Crippen molar-refractivity contribution in [1.82, 2.24) is 10.3 Å². The molecule has 7 nitrogen and oxygen atoms in total. The number of anilines is 1. The summed E-state index contributed by atoms with van der Waals surface area (Å²) in [7, 11) is 0. The number of nitrogens with one attached hydrogen (secondary N) is 2. The highest BCUT2D eigenvalue weighted by Gasteiger charge is 2.28. The number of nitrogens with zero attached hydrogens (tertiary/aromatic N) is 1. The van der Waals surface area contributed by atoms with Crippen molar-refractivity contribution in [3.05, 3.63) is 70.4 Å². The number of hydrogen-bond acceptors (Lipinski definition) is 5. The number of aryl methyl sites for hydroxylation is 3. The summed E-state index contributed by atoms with van der Waals surface area (Å²) in [5.74, 6) is -0.988. The highest BCUT2D eigenvalue weighted by molar-refractivity contribution is 6.06. The minimum atomic E-state index is -1.06. The average Bonchev–Trinajstić information content (AvgIpc) is 2.83. The third kappa shape index (κ3) is 5.34. The lowest BCUT2D eigenvalue weighted by Gasteiger charge is -2.24. The van der Waals surface area contributed by atoms with Crippen LogP contribution in [0.1, 0.15) is 53.0 Å². The van der Waals surface area contributed by atoms with Crippen LogP contribution in [0, 0.1) is 19.8 Å². The number of ether oxygens (including phenoxy) is 1. The summed E-state index contributed by atoms with van der Waals surface area (Å²) in [6.45, 7) is 7.26. The van der Waals surface area contributed by atoms with Gasteiger partial charge in [-0.3, -0.25) is 14.6 Å². The first-order valence-corrected chi connectivity index (χ1v) is 12.0. The molecule has 0 aliphatic heterocycles. The monoisotopic (exact) mass is 473 g/mol. The van der Waals surface area contributed by atoms with Crippen molar-refractivity contribution in [2.45, 2.75) is 53.1 Å². The summed E-state index contributed by atoms with van der Waals surface area (Å²) in [5.41, 5.74) is 5.68.